The number of aromatic amines is 1. The average Bonchev–Trinajstić information content (AvgIpc) is 3.44. The highest BCUT2D eigenvalue weighted by molar-refractivity contribution is 9.10. The van der Waals surface area contributed by atoms with Crippen molar-refractivity contribution in [1.29, 1.82) is 0 Å². The Balaban J connectivity index is 1.38. The van der Waals surface area contributed by atoms with Gasteiger partial charge in [0.1, 0.15) is 16.9 Å². The van der Waals surface area contributed by atoms with Crippen LogP contribution in [0, 0.1) is 0 Å². The summed E-state index contributed by atoms with van der Waals surface area (Å²) in [6.45, 7) is 1.82. The molecule has 6 nitrogen and oxygen atoms in total. The minimum Gasteiger partial charge on any atom is -0.300 e. The van der Waals surface area contributed by atoms with Crippen LogP contribution in [0.4, 0.5) is 13.2 Å². The summed E-state index contributed by atoms with van der Waals surface area (Å²) < 4.78 is 67.1. The molecule has 198 valence electrons. The molecule has 0 bridgehead atoms. The molecule has 2 fully saturated rings. The lowest BCUT2D eigenvalue weighted by Crippen LogP contribution is -2.48. The first kappa shape index (κ1) is 26.4. The van der Waals surface area contributed by atoms with Gasteiger partial charge in [0.25, 0.3) is 0 Å². The zero-order chi connectivity index (χ0) is 26.3. The number of alkyl halides is 3. The minimum absolute atomic E-state index is 0.0743. The summed E-state index contributed by atoms with van der Waals surface area (Å²) in [6, 6.07) is 11.4. The van der Waals surface area contributed by atoms with Gasteiger partial charge in [-0.1, -0.05) is 28.1 Å². The molecule has 2 heterocycles. The van der Waals surface area contributed by atoms with Gasteiger partial charge in [-0.25, -0.2) is 13.4 Å². The first-order valence-electron chi connectivity index (χ1n) is 12.4. The van der Waals surface area contributed by atoms with Crippen molar-refractivity contribution < 1.29 is 21.6 Å². The Bertz CT molecular complexity index is 1300. The molecule has 0 radical (unpaired) electrons. The fourth-order valence-corrected chi connectivity index (χ4v) is 8.33. The summed E-state index contributed by atoms with van der Waals surface area (Å²) in [5.74, 6) is 1.27. The molecule has 37 heavy (non-hydrogen) atoms. The fraction of sp³-hybridized carbons (Fsp3) is 0.462. The molecule has 2 aromatic carbocycles. The Hall–Kier alpha value is -2.24. The Kier molecular flexibility index (Phi) is 7.23. The van der Waals surface area contributed by atoms with Gasteiger partial charge in [-0.3, -0.25) is 5.10 Å². The van der Waals surface area contributed by atoms with E-state index in [0.29, 0.717) is 37.2 Å². The number of nitrogens with zero attached hydrogens (tertiary/aromatic N) is 3. The summed E-state index contributed by atoms with van der Waals surface area (Å²) in [5.41, 5.74) is -0.181. The van der Waals surface area contributed by atoms with Gasteiger partial charge >= 0.3 is 6.18 Å². The van der Waals surface area contributed by atoms with Gasteiger partial charge in [0.15, 0.2) is 9.84 Å². The molecule has 2 aliphatic rings. The minimum atomic E-state index is -4.52. The molecule has 0 atom stereocenters. The van der Waals surface area contributed by atoms with E-state index in [2.05, 4.69) is 36.0 Å². The highest BCUT2D eigenvalue weighted by Crippen LogP contribution is 2.48. The Morgan fingerprint density at radius 2 is 1.57 bits per heavy atom. The maximum absolute atomic E-state index is 14.1. The molecular formula is C26H28BrF3N4O2S. The molecular weight excluding hydrogens is 569 g/mol. The standard InChI is InChI=1S/C26H28BrF3N4O2S/c27-21-5-1-19(2-6-21)25(37(35,36)23-7-3-20(4-8-23)26(28,29)30)13-9-22(10-14-25)34-15-11-18(12-16-34)24-31-17-32-33-24/h1-8,17-18,22H,9-16H2,(H,31,32,33). The second-order valence-electron chi connectivity index (χ2n) is 9.94. The van der Waals surface area contributed by atoms with Crippen molar-refractivity contribution in [3.8, 4) is 0 Å². The van der Waals surface area contributed by atoms with Crippen LogP contribution in [-0.4, -0.2) is 47.6 Å². The second-order valence-corrected chi connectivity index (χ2v) is 13.1. The maximum Gasteiger partial charge on any atom is 0.416 e. The number of hydrogen-bond acceptors (Lipinski definition) is 5. The molecule has 11 heteroatoms. The quantitative estimate of drug-likeness (QED) is 0.386. The van der Waals surface area contributed by atoms with Crippen molar-refractivity contribution in [3.63, 3.8) is 0 Å². The Morgan fingerprint density at radius 1 is 0.946 bits per heavy atom. The highest BCUT2D eigenvalue weighted by Gasteiger charge is 2.49. The lowest BCUT2D eigenvalue weighted by atomic mass is 9.79. The van der Waals surface area contributed by atoms with Crippen LogP contribution in [0.5, 0.6) is 0 Å². The third-order valence-corrected chi connectivity index (χ3v) is 11.1. The molecule has 1 N–H and O–H groups in total. The number of halogens is 4. The maximum atomic E-state index is 14.1. The molecule has 1 aliphatic carbocycles. The molecule has 1 aromatic heterocycles. The number of sulfone groups is 1. The zero-order valence-electron chi connectivity index (χ0n) is 20.1. The molecule has 1 aliphatic heterocycles. The number of nitrogens with one attached hydrogen (secondary N) is 1. The summed E-state index contributed by atoms with van der Waals surface area (Å²) in [5, 5.41) is 6.92. The van der Waals surface area contributed by atoms with Gasteiger partial charge in [0.2, 0.25) is 0 Å². The number of likely N-dealkylation sites (tertiary alicyclic amines) is 1. The van der Waals surface area contributed by atoms with Crippen molar-refractivity contribution in [2.75, 3.05) is 13.1 Å². The van der Waals surface area contributed by atoms with Crippen LogP contribution in [0.1, 0.15) is 61.4 Å². The molecule has 1 saturated heterocycles. The highest BCUT2D eigenvalue weighted by atomic mass is 79.9. The lowest BCUT2D eigenvalue weighted by molar-refractivity contribution is -0.137. The number of hydrogen-bond donors (Lipinski definition) is 1. The van der Waals surface area contributed by atoms with Crippen molar-refractivity contribution >= 4 is 25.8 Å². The predicted molar refractivity (Wildman–Crippen MR) is 137 cm³/mol. The lowest BCUT2D eigenvalue weighted by Gasteiger charge is -2.45. The van der Waals surface area contributed by atoms with E-state index >= 15 is 0 Å². The van der Waals surface area contributed by atoms with E-state index in [1.165, 1.54) is 6.33 Å². The number of piperidine rings is 1. The fourth-order valence-electron chi connectivity index (χ4n) is 5.90. The van der Waals surface area contributed by atoms with E-state index < -0.39 is 26.3 Å². The van der Waals surface area contributed by atoms with E-state index in [9.17, 15) is 21.6 Å². The first-order chi connectivity index (χ1) is 17.6. The molecule has 0 amide bonds. The smallest absolute Gasteiger partial charge is 0.300 e. The summed E-state index contributed by atoms with van der Waals surface area (Å²) >= 11 is 3.42. The largest absolute Gasteiger partial charge is 0.416 e. The van der Waals surface area contributed by atoms with Crippen LogP contribution in [0.25, 0.3) is 0 Å². The van der Waals surface area contributed by atoms with Crippen LogP contribution >= 0.6 is 15.9 Å². The monoisotopic (exact) mass is 596 g/mol. The molecule has 1 saturated carbocycles. The summed E-state index contributed by atoms with van der Waals surface area (Å²) in [7, 11) is -3.96. The average molecular weight is 598 g/mol. The number of aromatic nitrogens is 3. The van der Waals surface area contributed by atoms with E-state index in [4.69, 9.17) is 0 Å². The van der Waals surface area contributed by atoms with Crippen molar-refractivity contribution in [2.24, 2.45) is 0 Å². The van der Waals surface area contributed by atoms with Crippen LogP contribution in [-0.2, 0) is 20.8 Å². The SMILES string of the molecule is O=S(=O)(c1ccc(C(F)(F)F)cc1)C1(c2ccc(Br)cc2)CCC(N2CCC(c3ncn[nH]3)CC2)CC1. The second kappa shape index (κ2) is 10.1. The molecule has 0 spiro atoms. The van der Waals surface area contributed by atoms with Crippen LogP contribution in [0.3, 0.4) is 0 Å². The number of rotatable bonds is 5. The van der Waals surface area contributed by atoms with Gasteiger partial charge in [-0.15, -0.1) is 0 Å². The topological polar surface area (TPSA) is 79.0 Å². The van der Waals surface area contributed by atoms with Crippen molar-refractivity contribution in [2.45, 2.75) is 66.3 Å². The van der Waals surface area contributed by atoms with E-state index in [1.807, 2.05) is 24.3 Å². The van der Waals surface area contributed by atoms with E-state index in [-0.39, 0.29) is 10.9 Å². The van der Waals surface area contributed by atoms with Crippen LogP contribution in [0.15, 0.2) is 64.2 Å². The third kappa shape index (κ3) is 5.09. The van der Waals surface area contributed by atoms with E-state index in [1.54, 1.807) is 0 Å². The predicted octanol–water partition coefficient (Wildman–Crippen LogP) is 6.08. The van der Waals surface area contributed by atoms with Gasteiger partial charge < -0.3 is 4.90 Å². The van der Waals surface area contributed by atoms with E-state index in [0.717, 1.165) is 60.5 Å². The normalized spacial score (nSPS) is 24.3. The van der Waals surface area contributed by atoms with Crippen LogP contribution < -0.4 is 0 Å². The zero-order valence-corrected chi connectivity index (χ0v) is 22.5. The Morgan fingerprint density at radius 3 is 2.11 bits per heavy atom. The summed E-state index contributed by atoms with van der Waals surface area (Å²) in [4.78, 5) is 6.67. The van der Waals surface area contributed by atoms with Crippen molar-refractivity contribution in [1.82, 2.24) is 20.1 Å². The van der Waals surface area contributed by atoms with Crippen molar-refractivity contribution in [3.05, 3.63) is 76.3 Å². The molecule has 3 aromatic rings. The third-order valence-electron chi connectivity index (χ3n) is 8.01. The van der Waals surface area contributed by atoms with Crippen LogP contribution in [0.2, 0.25) is 0 Å². The first-order valence-corrected chi connectivity index (χ1v) is 14.6. The molecule has 5 rings (SSSR count). The van der Waals surface area contributed by atoms with Gasteiger partial charge in [-0.2, -0.15) is 18.3 Å². The number of H-pyrrole nitrogens is 1. The summed E-state index contributed by atoms with van der Waals surface area (Å²) in [6.07, 6.45) is 1.15. The van der Waals surface area contributed by atoms with Gasteiger partial charge in [0.05, 0.1) is 10.5 Å². The van der Waals surface area contributed by atoms with Gasteiger partial charge in [0, 0.05) is 16.4 Å². The van der Waals surface area contributed by atoms with Gasteiger partial charge in [-0.05, 0) is 93.6 Å². The Labute approximate surface area is 222 Å². The molecule has 0 unspecified atom stereocenters. The number of benzene rings is 2.